The number of ether oxygens (including phenoxy) is 2. The topological polar surface area (TPSA) is 81.7 Å². The molecular formula is C12H19NO5. The van der Waals surface area contributed by atoms with Crippen molar-refractivity contribution in [3.05, 3.63) is 11.6 Å². The van der Waals surface area contributed by atoms with E-state index >= 15 is 0 Å². The van der Waals surface area contributed by atoms with E-state index in [0.717, 1.165) is 0 Å². The van der Waals surface area contributed by atoms with Gasteiger partial charge in [0.1, 0.15) is 0 Å². The van der Waals surface area contributed by atoms with Gasteiger partial charge in [-0.2, -0.15) is 0 Å². The molecule has 0 rings (SSSR count). The highest BCUT2D eigenvalue weighted by atomic mass is 16.6. The molecule has 0 bridgehead atoms. The lowest BCUT2D eigenvalue weighted by Crippen LogP contribution is -2.48. The molecule has 0 aromatic carbocycles. The van der Waals surface area contributed by atoms with Gasteiger partial charge in [-0.05, 0) is 27.7 Å². The van der Waals surface area contributed by atoms with Crippen molar-refractivity contribution in [2.45, 2.75) is 33.7 Å². The van der Waals surface area contributed by atoms with Crippen LogP contribution >= 0.6 is 0 Å². The smallest absolute Gasteiger partial charge is 0.340 e. The number of hydrogen-bond donors (Lipinski definition) is 1. The predicted octanol–water partition coefficient (Wildman–Crippen LogP) is 0.564. The predicted molar refractivity (Wildman–Crippen MR) is 64.6 cm³/mol. The molecule has 102 valence electrons. The van der Waals surface area contributed by atoms with Crippen molar-refractivity contribution >= 4 is 17.8 Å². The fourth-order valence-electron chi connectivity index (χ4n) is 1.04. The highest BCUT2D eigenvalue weighted by Crippen LogP contribution is 1.98. The molecule has 0 unspecified atom stereocenters. The van der Waals surface area contributed by atoms with Crippen LogP contribution < -0.4 is 5.32 Å². The van der Waals surface area contributed by atoms with Gasteiger partial charge in [0.15, 0.2) is 0 Å². The van der Waals surface area contributed by atoms with Gasteiger partial charge >= 0.3 is 11.9 Å². The van der Waals surface area contributed by atoms with Crippen molar-refractivity contribution in [1.82, 2.24) is 5.32 Å². The lowest BCUT2D eigenvalue weighted by Gasteiger charge is -2.15. The molecule has 0 atom stereocenters. The number of esters is 2. The second kappa shape index (κ2) is 8.27. The van der Waals surface area contributed by atoms with Crippen molar-refractivity contribution in [3.63, 3.8) is 0 Å². The van der Waals surface area contributed by atoms with Gasteiger partial charge in [-0.25, -0.2) is 9.59 Å². The summed E-state index contributed by atoms with van der Waals surface area (Å²) in [7, 11) is 0. The van der Waals surface area contributed by atoms with Crippen LogP contribution in [0, 0.1) is 0 Å². The van der Waals surface area contributed by atoms with Crippen LogP contribution in [-0.4, -0.2) is 37.1 Å². The summed E-state index contributed by atoms with van der Waals surface area (Å²) in [4.78, 5) is 34.7. The summed E-state index contributed by atoms with van der Waals surface area (Å²) >= 11 is 0. The Morgan fingerprint density at radius 3 is 1.89 bits per heavy atom. The first kappa shape index (κ1) is 16.1. The van der Waals surface area contributed by atoms with Crippen molar-refractivity contribution in [2.75, 3.05) is 13.2 Å². The van der Waals surface area contributed by atoms with Gasteiger partial charge < -0.3 is 14.8 Å². The van der Waals surface area contributed by atoms with Gasteiger partial charge in [0.2, 0.25) is 11.9 Å². The van der Waals surface area contributed by atoms with Gasteiger partial charge in [-0.3, -0.25) is 4.79 Å². The second-order valence-corrected chi connectivity index (χ2v) is 3.38. The summed E-state index contributed by atoms with van der Waals surface area (Å²) < 4.78 is 9.42. The lowest BCUT2D eigenvalue weighted by molar-refractivity contribution is -0.159. The summed E-state index contributed by atoms with van der Waals surface area (Å²) in [6, 6.07) is -1.42. The first-order chi connectivity index (χ1) is 8.47. The van der Waals surface area contributed by atoms with Crippen LogP contribution in [-0.2, 0) is 23.9 Å². The van der Waals surface area contributed by atoms with Crippen molar-refractivity contribution in [2.24, 2.45) is 0 Å². The third-order valence-electron chi connectivity index (χ3n) is 2.11. The average molecular weight is 257 g/mol. The van der Waals surface area contributed by atoms with E-state index in [-0.39, 0.29) is 13.2 Å². The van der Waals surface area contributed by atoms with E-state index in [9.17, 15) is 14.4 Å². The van der Waals surface area contributed by atoms with E-state index in [2.05, 4.69) is 5.32 Å². The summed E-state index contributed by atoms with van der Waals surface area (Å²) in [6.07, 6.45) is 1.57. The Hall–Kier alpha value is -1.85. The minimum atomic E-state index is -1.42. The molecule has 0 heterocycles. The first-order valence-electron chi connectivity index (χ1n) is 5.74. The van der Waals surface area contributed by atoms with Crippen LogP contribution in [0.1, 0.15) is 27.7 Å². The van der Waals surface area contributed by atoms with E-state index in [0.29, 0.717) is 5.57 Å². The molecule has 0 aliphatic rings. The normalized spacial score (nSPS) is 11.1. The van der Waals surface area contributed by atoms with Gasteiger partial charge in [-0.1, -0.05) is 6.08 Å². The maximum atomic E-state index is 11.6. The Labute approximate surface area is 106 Å². The van der Waals surface area contributed by atoms with Crippen LogP contribution in [0.5, 0.6) is 0 Å². The summed E-state index contributed by atoms with van der Waals surface area (Å²) in [5, 5.41) is 2.28. The van der Waals surface area contributed by atoms with Gasteiger partial charge in [0.05, 0.1) is 13.2 Å². The van der Waals surface area contributed by atoms with Crippen LogP contribution in [0.15, 0.2) is 11.6 Å². The molecule has 0 saturated heterocycles. The third kappa shape index (κ3) is 4.99. The molecule has 0 aromatic rings. The van der Waals surface area contributed by atoms with Crippen LogP contribution in [0.3, 0.4) is 0 Å². The molecule has 6 nitrogen and oxygen atoms in total. The van der Waals surface area contributed by atoms with Gasteiger partial charge in [0.25, 0.3) is 0 Å². The van der Waals surface area contributed by atoms with Crippen molar-refractivity contribution in [1.29, 1.82) is 0 Å². The maximum Gasteiger partial charge on any atom is 0.340 e. The maximum absolute atomic E-state index is 11.6. The standard InChI is InChI=1S/C12H19NO5/c1-5-8(4)10(14)13-9(11(15)17-6-2)12(16)18-7-3/h5,9H,6-7H2,1-4H3,(H,13,14)/b8-5+. The molecule has 0 fully saturated rings. The average Bonchev–Trinajstić information content (AvgIpc) is 2.34. The molecule has 0 spiro atoms. The van der Waals surface area contributed by atoms with E-state index in [1.807, 2.05) is 0 Å². The quantitative estimate of drug-likeness (QED) is 0.427. The number of rotatable bonds is 6. The fourth-order valence-corrected chi connectivity index (χ4v) is 1.04. The number of carbonyl (C=O) groups is 3. The van der Waals surface area contributed by atoms with Crippen LogP contribution in [0.25, 0.3) is 0 Å². The molecule has 0 aliphatic carbocycles. The molecule has 0 saturated carbocycles. The largest absolute Gasteiger partial charge is 0.464 e. The number of nitrogens with one attached hydrogen (secondary N) is 1. The minimum Gasteiger partial charge on any atom is -0.464 e. The molecular weight excluding hydrogens is 238 g/mol. The van der Waals surface area contributed by atoms with Crippen molar-refractivity contribution in [3.8, 4) is 0 Å². The zero-order chi connectivity index (χ0) is 14.1. The zero-order valence-electron chi connectivity index (χ0n) is 11.1. The monoisotopic (exact) mass is 257 g/mol. The van der Waals surface area contributed by atoms with Crippen molar-refractivity contribution < 1.29 is 23.9 Å². The Balaban J connectivity index is 4.82. The number of carbonyl (C=O) groups excluding carboxylic acids is 3. The molecule has 1 amide bonds. The van der Waals surface area contributed by atoms with Crippen LogP contribution in [0.4, 0.5) is 0 Å². The molecule has 0 aliphatic heterocycles. The minimum absolute atomic E-state index is 0.118. The summed E-state index contributed by atoms with van der Waals surface area (Å²) in [5.74, 6) is -2.16. The highest BCUT2D eigenvalue weighted by Gasteiger charge is 2.31. The van der Waals surface area contributed by atoms with E-state index in [1.165, 1.54) is 0 Å². The SMILES string of the molecule is C/C=C(\C)C(=O)NC(C(=O)OCC)C(=O)OCC. The number of amides is 1. The Bertz CT molecular complexity index is 330. The van der Waals surface area contributed by atoms with E-state index in [1.54, 1.807) is 33.8 Å². The first-order valence-corrected chi connectivity index (χ1v) is 5.74. The number of allylic oxidation sites excluding steroid dienone is 1. The van der Waals surface area contributed by atoms with Gasteiger partial charge in [0, 0.05) is 5.57 Å². The molecule has 0 aromatic heterocycles. The number of hydrogen-bond acceptors (Lipinski definition) is 5. The molecule has 18 heavy (non-hydrogen) atoms. The third-order valence-corrected chi connectivity index (χ3v) is 2.11. The Morgan fingerprint density at radius 1 is 1.11 bits per heavy atom. The molecule has 1 N–H and O–H groups in total. The fraction of sp³-hybridized carbons (Fsp3) is 0.583. The second-order valence-electron chi connectivity index (χ2n) is 3.38. The Kier molecular flexibility index (Phi) is 7.42. The summed E-state index contributed by atoms with van der Waals surface area (Å²) in [5.41, 5.74) is 0.397. The van der Waals surface area contributed by atoms with E-state index < -0.39 is 23.9 Å². The molecule has 0 radical (unpaired) electrons. The lowest BCUT2D eigenvalue weighted by atomic mass is 10.2. The molecule has 6 heteroatoms. The zero-order valence-corrected chi connectivity index (χ0v) is 11.1. The highest BCUT2D eigenvalue weighted by molar-refractivity contribution is 6.05. The Morgan fingerprint density at radius 2 is 1.56 bits per heavy atom. The van der Waals surface area contributed by atoms with Crippen LogP contribution in [0.2, 0.25) is 0 Å². The van der Waals surface area contributed by atoms with E-state index in [4.69, 9.17) is 9.47 Å². The van der Waals surface area contributed by atoms with Gasteiger partial charge in [-0.15, -0.1) is 0 Å². The summed E-state index contributed by atoms with van der Waals surface area (Å²) in [6.45, 7) is 6.71.